The molecule has 0 saturated carbocycles. The molecule has 8 nitrogen and oxygen atoms in total. The molecule has 1 aliphatic rings. The summed E-state index contributed by atoms with van der Waals surface area (Å²) >= 11 is 0. The molecule has 0 radical (unpaired) electrons. The average molecular weight is 470 g/mol. The van der Waals surface area contributed by atoms with Crippen LogP contribution in [0.15, 0.2) is 42.9 Å². The number of piperazine rings is 1. The van der Waals surface area contributed by atoms with Crippen LogP contribution in [0, 0.1) is 6.92 Å². The lowest BCUT2D eigenvalue weighted by atomic mass is 10.1. The number of carbonyl (C=O) groups is 1. The molecule has 1 aliphatic heterocycles. The van der Waals surface area contributed by atoms with Crippen LogP contribution in [0.5, 0.6) is 0 Å². The minimum Gasteiger partial charge on any atom is -0.352 e. The van der Waals surface area contributed by atoms with Crippen LogP contribution in [-0.4, -0.2) is 56.7 Å². The second-order valence-electron chi connectivity index (χ2n) is 8.19. The van der Waals surface area contributed by atoms with Gasteiger partial charge >= 0.3 is 0 Å². The average Bonchev–Trinajstić information content (AvgIpc) is 3.18. The highest BCUT2D eigenvalue weighted by atomic mass is 35.5. The van der Waals surface area contributed by atoms with E-state index in [1.54, 1.807) is 12.4 Å². The summed E-state index contributed by atoms with van der Waals surface area (Å²) in [6, 6.07) is 8.16. The van der Waals surface area contributed by atoms with Crippen molar-refractivity contribution in [2.24, 2.45) is 0 Å². The first-order valence-electron chi connectivity index (χ1n) is 11.2. The van der Waals surface area contributed by atoms with E-state index in [4.69, 9.17) is 0 Å². The molecular formula is C24H32ClN7O. The summed E-state index contributed by atoms with van der Waals surface area (Å²) in [5, 5.41) is 7.40. The number of benzene rings is 1. The summed E-state index contributed by atoms with van der Waals surface area (Å²) in [5.74, 6) is 0.899. The van der Waals surface area contributed by atoms with Gasteiger partial charge in [-0.2, -0.15) is 5.10 Å². The molecule has 3 aromatic rings. The minimum atomic E-state index is -0.0289. The zero-order valence-electron chi connectivity index (χ0n) is 19.5. The summed E-state index contributed by atoms with van der Waals surface area (Å²) in [7, 11) is 0. The Kier molecular flexibility index (Phi) is 8.41. The number of rotatable bonds is 7. The highest BCUT2D eigenvalue weighted by Gasteiger charge is 2.22. The lowest BCUT2D eigenvalue weighted by Crippen LogP contribution is -2.46. The minimum absolute atomic E-state index is 0. The van der Waals surface area contributed by atoms with E-state index in [0.717, 1.165) is 67.6 Å². The molecule has 0 aliphatic carbocycles. The molecular weight excluding hydrogens is 438 g/mol. The first-order chi connectivity index (χ1) is 15.5. The second-order valence-corrected chi connectivity index (χ2v) is 8.19. The van der Waals surface area contributed by atoms with Crippen LogP contribution in [0.25, 0.3) is 11.3 Å². The van der Waals surface area contributed by atoms with Crippen molar-refractivity contribution in [1.29, 1.82) is 0 Å². The summed E-state index contributed by atoms with van der Waals surface area (Å²) < 4.78 is 2.01. The van der Waals surface area contributed by atoms with Gasteiger partial charge in [0.1, 0.15) is 5.69 Å². The molecule has 0 bridgehead atoms. The van der Waals surface area contributed by atoms with E-state index in [2.05, 4.69) is 62.4 Å². The third-order valence-corrected chi connectivity index (χ3v) is 5.89. The third-order valence-electron chi connectivity index (χ3n) is 5.89. The van der Waals surface area contributed by atoms with Gasteiger partial charge in [-0.3, -0.25) is 19.4 Å². The fourth-order valence-electron chi connectivity index (χ4n) is 4.01. The molecule has 33 heavy (non-hydrogen) atoms. The topological polar surface area (TPSA) is 79.2 Å². The Morgan fingerprint density at radius 1 is 1.06 bits per heavy atom. The van der Waals surface area contributed by atoms with Gasteiger partial charge in [0.25, 0.3) is 0 Å². The maximum Gasteiger partial charge on any atom is 0.217 e. The number of aryl methyl sites for hydroxylation is 2. The van der Waals surface area contributed by atoms with E-state index in [0.29, 0.717) is 6.54 Å². The van der Waals surface area contributed by atoms with Gasteiger partial charge in [-0.25, -0.2) is 4.98 Å². The summed E-state index contributed by atoms with van der Waals surface area (Å²) in [4.78, 5) is 25.3. The smallest absolute Gasteiger partial charge is 0.217 e. The van der Waals surface area contributed by atoms with Gasteiger partial charge in [-0.15, -0.1) is 12.4 Å². The van der Waals surface area contributed by atoms with Crippen molar-refractivity contribution >= 4 is 24.1 Å². The van der Waals surface area contributed by atoms with Crippen molar-refractivity contribution in [3.8, 4) is 11.3 Å². The molecule has 1 aromatic carbocycles. The summed E-state index contributed by atoms with van der Waals surface area (Å²) in [5.41, 5.74) is 5.41. The van der Waals surface area contributed by atoms with Crippen LogP contribution in [0.2, 0.25) is 0 Å². The van der Waals surface area contributed by atoms with E-state index < -0.39 is 0 Å². The molecule has 1 N–H and O–H groups in total. The first kappa shape index (κ1) is 24.7. The van der Waals surface area contributed by atoms with E-state index in [9.17, 15) is 4.79 Å². The summed E-state index contributed by atoms with van der Waals surface area (Å²) in [6.07, 6.45) is 5.67. The molecule has 3 heterocycles. The number of nitrogens with one attached hydrogen (secondary N) is 1. The Bertz CT molecular complexity index is 1060. The van der Waals surface area contributed by atoms with Crippen molar-refractivity contribution in [3.05, 3.63) is 59.7 Å². The molecule has 1 amide bonds. The molecule has 2 aromatic heterocycles. The quantitative estimate of drug-likeness (QED) is 0.573. The first-order valence-corrected chi connectivity index (χ1v) is 11.2. The molecule has 4 rings (SSSR count). The maximum absolute atomic E-state index is 11.1. The lowest BCUT2D eigenvalue weighted by molar-refractivity contribution is -0.119. The third kappa shape index (κ3) is 6.09. The molecule has 1 fully saturated rings. The van der Waals surface area contributed by atoms with E-state index in [-0.39, 0.29) is 18.3 Å². The normalized spacial score (nSPS) is 14.1. The van der Waals surface area contributed by atoms with Gasteiger partial charge in [0.15, 0.2) is 5.82 Å². The SMILES string of the molecule is CCn1cc(CN2CCN(c3nccnc3-c3ccc(CNC(C)=O)cc3)CC2)c(C)n1.Cl. The largest absolute Gasteiger partial charge is 0.352 e. The van der Waals surface area contributed by atoms with Gasteiger partial charge in [-0.1, -0.05) is 24.3 Å². The zero-order valence-corrected chi connectivity index (χ0v) is 20.3. The van der Waals surface area contributed by atoms with Crippen molar-refractivity contribution in [2.45, 2.75) is 40.4 Å². The molecule has 9 heteroatoms. The highest BCUT2D eigenvalue weighted by molar-refractivity contribution is 5.85. The molecule has 0 atom stereocenters. The van der Waals surface area contributed by atoms with Gasteiger partial charge in [0.2, 0.25) is 5.91 Å². The molecule has 0 spiro atoms. The number of nitrogens with zero attached hydrogens (tertiary/aromatic N) is 6. The van der Waals surface area contributed by atoms with Crippen LogP contribution in [0.3, 0.4) is 0 Å². The van der Waals surface area contributed by atoms with Gasteiger partial charge in [0.05, 0.1) is 5.69 Å². The van der Waals surface area contributed by atoms with Gasteiger partial charge < -0.3 is 10.2 Å². The van der Waals surface area contributed by atoms with Crippen molar-refractivity contribution in [3.63, 3.8) is 0 Å². The zero-order chi connectivity index (χ0) is 22.5. The number of anilines is 1. The van der Waals surface area contributed by atoms with Gasteiger partial charge in [-0.05, 0) is 19.4 Å². The van der Waals surface area contributed by atoms with Crippen LogP contribution >= 0.6 is 12.4 Å². The number of aromatic nitrogens is 4. The fourth-order valence-corrected chi connectivity index (χ4v) is 4.01. The Hall–Kier alpha value is -2.97. The number of carbonyl (C=O) groups excluding carboxylic acids is 1. The summed E-state index contributed by atoms with van der Waals surface area (Å²) in [6.45, 7) is 11.9. The molecule has 0 unspecified atom stereocenters. The standard InChI is InChI=1S/C24H31N7O.ClH/c1-4-31-17-22(18(2)28-31)16-29-11-13-30(14-12-29)24-23(25-9-10-26-24)21-7-5-20(6-8-21)15-27-19(3)32;/h5-10,17H,4,11-16H2,1-3H3,(H,27,32);1H. The van der Waals surface area contributed by atoms with Crippen molar-refractivity contribution in [2.75, 3.05) is 31.1 Å². The van der Waals surface area contributed by atoms with E-state index >= 15 is 0 Å². The van der Waals surface area contributed by atoms with Crippen LogP contribution < -0.4 is 10.2 Å². The second kappa shape index (κ2) is 11.2. The predicted molar refractivity (Wildman–Crippen MR) is 132 cm³/mol. The Balaban J connectivity index is 0.00000306. The van der Waals surface area contributed by atoms with E-state index in [1.165, 1.54) is 12.5 Å². The number of halogens is 1. The maximum atomic E-state index is 11.1. The fraction of sp³-hybridized carbons (Fsp3) is 0.417. The van der Waals surface area contributed by atoms with Crippen LogP contribution in [-0.2, 0) is 24.4 Å². The molecule has 176 valence electrons. The Morgan fingerprint density at radius 2 is 1.76 bits per heavy atom. The van der Waals surface area contributed by atoms with Crippen LogP contribution in [0.1, 0.15) is 30.7 Å². The molecule has 1 saturated heterocycles. The number of hydrogen-bond acceptors (Lipinski definition) is 6. The van der Waals surface area contributed by atoms with Crippen molar-refractivity contribution in [1.82, 2.24) is 30.0 Å². The van der Waals surface area contributed by atoms with E-state index in [1.807, 2.05) is 16.8 Å². The monoisotopic (exact) mass is 469 g/mol. The number of amides is 1. The Labute approximate surface area is 201 Å². The van der Waals surface area contributed by atoms with Gasteiger partial charge in [0, 0.05) is 82.5 Å². The lowest BCUT2D eigenvalue weighted by Gasteiger charge is -2.35. The predicted octanol–water partition coefficient (Wildman–Crippen LogP) is 3.05. The van der Waals surface area contributed by atoms with Crippen molar-refractivity contribution < 1.29 is 4.79 Å². The Morgan fingerprint density at radius 3 is 2.39 bits per heavy atom. The van der Waals surface area contributed by atoms with Crippen LogP contribution in [0.4, 0.5) is 5.82 Å². The number of hydrogen-bond donors (Lipinski definition) is 1. The highest BCUT2D eigenvalue weighted by Crippen LogP contribution is 2.28.